The van der Waals surface area contributed by atoms with Crippen LogP contribution in [0, 0.1) is 0 Å². The molecule has 3 heteroatoms. The standard InChI is InChI=1S/C36H40Si3/c1-37(32-20-9-4-10-21-32,33-22-11-5-12-23-33)30-19-31-38(2,34-24-13-6-14-25-34)39(3,35-26-15-7-16-27-35)36-28-17-8-18-29-36/h4-18,20-29H,19,30-31H2,1-3H3. The third kappa shape index (κ3) is 5.31. The fraction of sp³-hybridized carbons (Fsp3) is 0.167. The smallest absolute Gasteiger partial charge is 0.0666 e. The van der Waals surface area contributed by atoms with E-state index in [4.69, 9.17) is 0 Å². The van der Waals surface area contributed by atoms with Crippen molar-refractivity contribution in [3.05, 3.63) is 152 Å². The Morgan fingerprint density at radius 2 is 0.667 bits per heavy atom. The van der Waals surface area contributed by atoms with E-state index in [1.165, 1.54) is 18.5 Å². The van der Waals surface area contributed by atoms with Gasteiger partial charge in [-0.1, -0.05) is 210 Å². The second-order valence-electron chi connectivity index (χ2n) is 11.5. The van der Waals surface area contributed by atoms with Crippen molar-refractivity contribution in [3.8, 4) is 0 Å². The highest BCUT2D eigenvalue weighted by atomic mass is 29.3. The van der Waals surface area contributed by atoms with Gasteiger partial charge in [-0.2, -0.15) is 0 Å². The van der Waals surface area contributed by atoms with E-state index in [2.05, 4.69) is 171 Å². The SMILES string of the molecule is C[Si](CCC[Si](C)(c1ccccc1)[Si](C)(c1ccccc1)c1ccccc1)(c1ccccc1)c1ccccc1. The van der Waals surface area contributed by atoms with Crippen LogP contribution in [0.4, 0.5) is 0 Å². The molecule has 1 atom stereocenters. The Hall–Kier alpha value is -3.25. The van der Waals surface area contributed by atoms with Gasteiger partial charge in [0.25, 0.3) is 0 Å². The van der Waals surface area contributed by atoms with Crippen molar-refractivity contribution in [1.82, 2.24) is 0 Å². The van der Waals surface area contributed by atoms with E-state index in [1.54, 1.807) is 25.9 Å². The van der Waals surface area contributed by atoms with Crippen molar-refractivity contribution < 1.29 is 0 Å². The van der Waals surface area contributed by atoms with Crippen LogP contribution < -0.4 is 25.9 Å². The predicted octanol–water partition coefficient (Wildman–Crippen LogP) is 6.23. The summed E-state index contributed by atoms with van der Waals surface area (Å²) in [5, 5.41) is 7.84. The molecule has 196 valence electrons. The van der Waals surface area contributed by atoms with Crippen LogP contribution in [-0.4, -0.2) is 23.3 Å². The van der Waals surface area contributed by atoms with Gasteiger partial charge in [-0.3, -0.25) is 0 Å². The molecule has 5 aromatic rings. The average Bonchev–Trinajstić information content (AvgIpc) is 3.02. The van der Waals surface area contributed by atoms with E-state index in [-0.39, 0.29) is 0 Å². The van der Waals surface area contributed by atoms with E-state index >= 15 is 0 Å². The molecule has 39 heavy (non-hydrogen) atoms. The zero-order valence-electron chi connectivity index (χ0n) is 23.6. The lowest BCUT2D eigenvalue weighted by atomic mass is 10.4. The molecule has 0 nitrogen and oxygen atoms in total. The summed E-state index contributed by atoms with van der Waals surface area (Å²) in [7, 11) is -5.98. The van der Waals surface area contributed by atoms with Crippen molar-refractivity contribution in [2.75, 3.05) is 0 Å². The molecule has 0 spiro atoms. The largest absolute Gasteiger partial charge is 0.115 e. The number of benzene rings is 5. The van der Waals surface area contributed by atoms with Gasteiger partial charge in [0, 0.05) is 0 Å². The molecule has 0 aliphatic rings. The Labute approximate surface area is 238 Å². The van der Waals surface area contributed by atoms with Crippen molar-refractivity contribution in [2.45, 2.75) is 38.2 Å². The average molecular weight is 557 g/mol. The first-order valence-electron chi connectivity index (χ1n) is 14.3. The van der Waals surface area contributed by atoms with Gasteiger partial charge in [-0.25, -0.2) is 0 Å². The predicted molar refractivity (Wildman–Crippen MR) is 179 cm³/mol. The summed E-state index contributed by atoms with van der Waals surface area (Å²) in [6.45, 7) is 7.96. The maximum absolute atomic E-state index is 2.71. The molecule has 0 radical (unpaired) electrons. The maximum Gasteiger partial charge on any atom is 0.115 e. The highest BCUT2D eigenvalue weighted by Crippen LogP contribution is 2.28. The second-order valence-corrected chi connectivity index (χ2v) is 29.2. The molecule has 0 saturated heterocycles. The van der Waals surface area contributed by atoms with E-state index in [0.29, 0.717) is 0 Å². The molecule has 0 bridgehead atoms. The third-order valence-corrected chi connectivity index (χ3v) is 32.1. The van der Waals surface area contributed by atoms with Crippen LogP contribution in [0.25, 0.3) is 0 Å². The van der Waals surface area contributed by atoms with Gasteiger partial charge in [0.15, 0.2) is 0 Å². The lowest BCUT2D eigenvalue weighted by Crippen LogP contribution is -2.78. The van der Waals surface area contributed by atoms with Crippen molar-refractivity contribution in [3.63, 3.8) is 0 Å². The normalized spacial score (nSPS) is 13.5. The molecule has 0 heterocycles. The molecule has 0 aliphatic heterocycles. The van der Waals surface area contributed by atoms with E-state index in [1.807, 2.05) is 0 Å². The second kappa shape index (κ2) is 11.9. The van der Waals surface area contributed by atoms with Crippen molar-refractivity contribution >= 4 is 49.2 Å². The summed E-state index contributed by atoms with van der Waals surface area (Å²) in [5.41, 5.74) is 0. The molecule has 0 N–H and O–H groups in total. The summed E-state index contributed by atoms with van der Waals surface area (Å²) < 4.78 is 0. The van der Waals surface area contributed by atoms with Crippen LogP contribution in [0.1, 0.15) is 6.42 Å². The van der Waals surface area contributed by atoms with E-state index in [9.17, 15) is 0 Å². The van der Waals surface area contributed by atoms with Gasteiger partial charge in [0.1, 0.15) is 15.7 Å². The third-order valence-electron chi connectivity index (χ3n) is 9.39. The quantitative estimate of drug-likeness (QED) is 0.179. The first-order chi connectivity index (χ1) is 19.0. The summed E-state index contributed by atoms with van der Waals surface area (Å²) in [4.78, 5) is 0. The van der Waals surface area contributed by atoms with Crippen LogP contribution in [-0.2, 0) is 0 Å². The van der Waals surface area contributed by atoms with Gasteiger partial charge in [0.2, 0.25) is 0 Å². The van der Waals surface area contributed by atoms with Gasteiger partial charge in [-0.05, 0) is 6.04 Å². The van der Waals surface area contributed by atoms with Crippen molar-refractivity contribution in [1.29, 1.82) is 0 Å². The minimum atomic E-state index is -2.10. The number of hydrogen-bond acceptors (Lipinski definition) is 0. The lowest BCUT2D eigenvalue weighted by molar-refractivity contribution is 1.03. The summed E-state index contributed by atoms with van der Waals surface area (Å²) in [5.74, 6) is 0. The summed E-state index contributed by atoms with van der Waals surface area (Å²) in [6, 6.07) is 59.8. The fourth-order valence-electron chi connectivity index (χ4n) is 6.70. The Balaban J connectivity index is 1.58. The zero-order valence-corrected chi connectivity index (χ0v) is 26.6. The van der Waals surface area contributed by atoms with Crippen LogP contribution in [0.15, 0.2) is 152 Å². The van der Waals surface area contributed by atoms with Crippen LogP contribution in [0.3, 0.4) is 0 Å². The number of rotatable bonds is 10. The minimum absolute atomic E-state index is 1.26. The van der Waals surface area contributed by atoms with Crippen molar-refractivity contribution in [2.24, 2.45) is 0 Å². The van der Waals surface area contributed by atoms with Gasteiger partial charge in [-0.15, -0.1) is 0 Å². The minimum Gasteiger partial charge on any atom is -0.0666 e. The molecular formula is C36H40Si3. The van der Waals surface area contributed by atoms with Gasteiger partial charge < -0.3 is 0 Å². The molecule has 0 aromatic heterocycles. The molecule has 0 aliphatic carbocycles. The Kier molecular flexibility index (Phi) is 8.32. The summed E-state index contributed by atoms with van der Waals surface area (Å²) in [6.07, 6.45) is 1.26. The van der Waals surface area contributed by atoms with Crippen LogP contribution in [0.5, 0.6) is 0 Å². The van der Waals surface area contributed by atoms with Gasteiger partial charge >= 0.3 is 0 Å². The first-order valence-corrected chi connectivity index (χ1v) is 23.2. The topological polar surface area (TPSA) is 0 Å². The van der Waals surface area contributed by atoms with Crippen LogP contribution >= 0.6 is 0 Å². The Morgan fingerprint density at radius 3 is 1.03 bits per heavy atom. The maximum atomic E-state index is 2.71. The number of hydrogen-bond donors (Lipinski definition) is 0. The molecule has 1 unspecified atom stereocenters. The molecule has 0 amide bonds. The molecule has 5 rings (SSSR count). The highest BCUT2D eigenvalue weighted by molar-refractivity contribution is 7.55. The highest BCUT2D eigenvalue weighted by Gasteiger charge is 2.51. The zero-order chi connectivity index (χ0) is 27.2. The first kappa shape index (κ1) is 27.3. The monoisotopic (exact) mass is 556 g/mol. The molecule has 5 aromatic carbocycles. The Bertz CT molecular complexity index is 1360. The summed E-state index contributed by atoms with van der Waals surface area (Å²) >= 11 is 0. The Morgan fingerprint density at radius 1 is 0.359 bits per heavy atom. The van der Waals surface area contributed by atoms with E-state index in [0.717, 1.165) is 0 Å². The van der Waals surface area contributed by atoms with E-state index < -0.39 is 23.3 Å². The fourth-order valence-corrected chi connectivity index (χ4v) is 26.3. The molecule has 0 fully saturated rings. The van der Waals surface area contributed by atoms with Gasteiger partial charge in [0.05, 0.1) is 7.59 Å². The lowest BCUT2D eigenvalue weighted by Gasteiger charge is -2.45. The van der Waals surface area contributed by atoms with Crippen LogP contribution in [0.2, 0.25) is 31.7 Å². The molecular weight excluding hydrogens is 517 g/mol. The molecule has 0 saturated carbocycles.